The Hall–Kier alpha value is -1.81. The maximum atomic E-state index is 5.91. The third-order valence-corrected chi connectivity index (χ3v) is 2.41. The van der Waals surface area contributed by atoms with Crippen molar-refractivity contribution in [3.63, 3.8) is 0 Å². The molecule has 4 nitrogen and oxygen atoms in total. The summed E-state index contributed by atoms with van der Waals surface area (Å²) in [6.45, 7) is 0. The maximum absolute atomic E-state index is 5.91. The molecule has 2 rings (SSSR count). The zero-order valence-corrected chi connectivity index (χ0v) is 9.49. The van der Waals surface area contributed by atoms with Gasteiger partial charge in [-0.1, -0.05) is 23.7 Å². The Morgan fingerprint density at radius 2 is 2.19 bits per heavy atom. The molecular weight excluding hydrogens is 224 g/mol. The molecule has 16 heavy (non-hydrogen) atoms. The first-order chi connectivity index (χ1) is 7.70. The second kappa shape index (κ2) is 4.37. The molecule has 0 spiro atoms. The number of nitrogens with zero attached hydrogens (tertiary/aromatic N) is 2. The standard InChI is InChI=1S/C11H11ClN4/c1-14-11-15-6-9(10(13)16-11)7-3-2-4-8(12)5-7/h2-6H,1H3,(H3,13,14,15,16). The molecule has 5 heteroatoms. The van der Waals surface area contributed by atoms with Crippen molar-refractivity contribution in [3.8, 4) is 11.1 Å². The average Bonchev–Trinajstić information content (AvgIpc) is 2.28. The molecule has 0 aliphatic rings. The van der Waals surface area contributed by atoms with E-state index in [1.165, 1.54) is 0 Å². The van der Waals surface area contributed by atoms with Crippen LogP contribution < -0.4 is 11.1 Å². The molecule has 3 N–H and O–H groups in total. The summed E-state index contributed by atoms with van der Waals surface area (Å²) in [6, 6.07) is 7.42. The second-order valence-corrected chi connectivity index (χ2v) is 3.69. The number of anilines is 2. The summed E-state index contributed by atoms with van der Waals surface area (Å²) in [5, 5.41) is 3.49. The van der Waals surface area contributed by atoms with Crippen molar-refractivity contribution in [2.24, 2.45) is 0 Å². The molecule has 1 heterocycles. The summed E-state index contributed by atoms with van der Waals surface area (Å²) in [6.07, 6.45) is 1.68. The Morgan fingerprint density at radius 1 is 1.38 bits per heavy atom. The van der Waals surface area contributed by atoms with E-state index in [9.17, 15) is 0 Å². The summed E-state index contributed by atoms with van der Waals surface area (Å²) in [5.74, 6) is 0.935. The molecule has 82 valence electrons. The van der Waals surface area contributed by atoms with Crippen molar-refractivity contribution < 1.29 is 0 Å². The van der Waals surface area contributed by atoms with Crippen LogP contribution in [0, 0.1) is 0 Å². The van der Waals surface area contributed by atoms with Gasteiger partial charge in [0.15, 0.2) is 0 Å². The Morgan fingerprint density at radius 3 is 2.81 bits per heavy atom. The topological polar surface area (TPSA) is 63.8 Å². The molecule has 0 aliphatic heterocycles. The summed E-state index contributed by atoms with van der Waals surface area (Å²) < 4.78 is 0. The SMILES string of the molecule is CNc1ncc(-c2cccc(Cl)c2)c(N)n1. The van der Waals surface area contributed by atoms with Crippen LogP contribution in [0.4, 0.5) is 11.8 Å². The van der Waals surface area contributed by atoms with E-state index in [0.29, 0.717) is 16.8 Å². The Labute approximate surface area is 98.5 Å². The van der Waals surface area contributed by atoms with Gasteiger partial charge in [-0.05, 0) is 17.7 Å². The van der Waals surface area contributed by atoms with Crippen molar-refractivity contribution in [3.05, 3.63) is 35.5 Å². The van der Waals surface area contributed by atoms with E-state index in [1.807, 2.05) is 24.3 Å². The van der Waals surface area contributed by atoms with Gasteiger partial charge in [0.25, 0.3) is 0 Å². The van der Waals surface area contributed by atoms with Gasteiger partial charge in [-0.3, -0.25) is 0 Å². The lowest BCUT2D eigenvalue weighted by Gasteiger charge is -2.06. The molecule has 0 amide bonds. The molecule has 0 radical (unpaired) electrons. The number of rotatable bonds is 2. The van der Waals surface area contributed by atoms with Gasteiger partial charge in [-0.25, -0.2) is 4.98 Å². The van der Waals surface area contributed by atoms with Crippen molar-refractivity contribution in [2.75, 3.05) is 18.1 Å². The number of halogens is 1. The molecule has 1 aromatic carbocycles. The van der Waals surface area contributed by atoms with Gasteiger partial charge in [0, 0.05) is 23.8 Å². The number of nitrogen functional groups attached to an aromatic ring is 1. The number of nitrogens with two attached hydrogens (primary N) is 1. The van der Waals surface area contributed by atoms with E-state index in [1.54, 1.807) is 13.2 Å². The van der Waals surface area contributed by atoms with Crippen molar-refractivity contribution in [2.45, 2.75) is 0 Å². The van der Waals surface area contributed by atoms with Gasteiger partial charge < -0.3 is 11.1 Å². The maximum Gasteiger partial charge on any atom is 0.224 e. The van der Waals surface area contributed by atoms with E-state index in [2.05, 4.69) is 15.3 Å². The van der Waals surface area contributed by atoms with Crippen LogP contribution in [0.2, 0.25) is 5.02 Å². The predicted octanol–water partition coefficient (Wildman–Crippen LogP) is 2.42. The van der Waals surface area contributed by atoms with Gasteiger partial charge in [0.2, 0.25) is 5.95 Å². The van der Waals surface area contributed by atoms with E-state index in [-0.39, 0.29) is 0 Å². The molecule has 0 atom stereocenters. The highest BCUT2D eigenvalue weighted by Gasteiger charge is 2.06. The fourth-order valence-corrected chi connectivity index (χ4v) is 1.58. The number of nitrogens with one attached hydrogen (secondary N) is 1. The smallest absolute Gasteiger partial charge is 0.224 e. The van der Waals surface area contributed by atoms with Gasteiger partial charge in [0.1, 0.15) is 5.82 Å². The van der Waals surface area contributed by atoms with Gasteiger partial charge in [-0.2, -0.15) is 4.98 Å². The molecule has 0 saturated carbocycles. The molecule has 1 aromatic heterocycles. The summed E-state index contributed by atoms with van der Waals surface area (Å²) >= 11 is 5.91. The van der Waals surface area contributed by atoms with Crippen molar-refractivity contribution in [1.29, 1.82) is 0 Å². The van der Waals surface area contributed by atoms with E-state index in [4.69, 9.17) is 17.3 Å². The minimum absolute atomic E-state index is 0.432. The second-order valence-electron chi connectivity index (χ2n) is 3.25. The average molecular weight is 235 g/mol. The van der Waals surface area contributed by atoms with Crippen LogP contribution >= 0.6 is 11.6 Å². The third-order valence-electron chi connectivity index (χ3n) is 2.18. The molecule has 0 aliphatic carbocycles. The zero-order valence-electron chi connectivity index (χ0n) is 8.74. The highest BCUT2D eigenvalue weighted by Crippen LogP contribution is 2.26. The van der Waals surface area contributed by atoms with Gasteiger partial charge in [-0.15, -0.1) is 0 Å². The van der Waals surface area contributed by atoms with E-state index in [0.717, 1.165) is 11.1 Å². The summed E-state index contributed by atoms with van der Waals surface area (Å²) in [4.78, 5) is 8.23. The first-order valence-corrected chi connectivity index (χ1v) is 5.14. The summed E-state index contributed by atoms with van der Waals surface area (Å²) in [7, 11) is 1.74. The highest BCUT2D eigenvalue weighted by atomic mass is 35.5. The van der Waals surface area contributed by atoms with Crippen LogP contribution in [0.15, 0.2) is 30.5 Å². The lowest BCUT2D eigenvalue weighted by molar-refractivity contribution is 1.16. The number of benzene rings is 1. The quantitative estimate of drug-likeness (QED) is 0.838. The monoisotopic (exact) mass is 234 g/mol. The number of hydrogen-bond donors (Lipinski definition) is 2. The van der Waals surface area contributed by atoms with Crippen LogP contribution in [0.25, 0.3) is 11.1 Å². The number of hydrogen-bond acceptors (Lipinski definition) is 4. The number of aromatic nitrogens is 2. The first kappa shape index (κ1) is 10.7. The lowest BCUT2D eigenvalue weighted by atomic mass is 10.1. The Kier molecular flexibility index (Phi) is 2.92. The van der Waals surface area contributed by atoms with E-state index >= 15 is 0 Å². The molecule has 0 saturated heterocycles. The normalized spacial score (nSPS) is 10.1. The largest absolute Gasteiger partial charge is 0.383 e. The minimum atomic E-state index is 0.432. The molecule has 2 aromatic rings. The van der Waals surface area contributed by atoms with E-state index < -0.39 is 0 Å². The van der Waals surface area contributed by atoms with Gasteiger partial charge >= 0.3 is 0 Å². The van der Waals surface area contributed by atoms with Gasteiger partial charge in [0.05, 0.1) is 0 Å². The predicted molar refractivity (Wildman–Crippen MR) is 66.4 cm³/mol. The highest BCUT2D eigenvalue weighted by molar-refractivity contribution is 6.30. The lowest BCUT2D eigenvalue weighted by Crippen LogP contribution is -2.01. The first-order valence-electron chi connectivity index (χ1n) is 4.77. The zero-order chi connectivity index (χ0) is 11.5. The van der Waals surface area contributed by atoms with Crippen LogP contribution in [0.5, 0.6) is 0 Å². The van der Waals surface area contributed by atoms with Crippen molar-refractivity contribution in [1.82, 2.24) is 9.97 Å². The van der Waals surface area contributed by atoms with Crippen molar-refractivity contribution >= 4 is 23.4 Å². The Bertz CT molecular complexity index is 513. The van der Waals surface area contributed by atoms with Crippen LogP contribution in [-0.4, -0.2) is 17.0 Å². The van der Waals surface area contributed by atoms with Crippen LogP contribution in [0.1, 0.15) is 0 Å². The third kappa shape index (κ3) is 2.06. The van der Waals surface area contributed by atoms with Crippen LogP contribution in [-0.2, 0) is 0 Å². The fourth-order valence-electron chi connectivity index (χ4n) is 1.39. The summed E-state index contributed by atoms with van der Waals surface area (Å²) in [5.41, 5.74) is 7.53. The minimum Gasteiger partial charge on any atom is -0.383 e. The molecular formula is C11H11ClN4. The molecule has 0 fully saturated rings. The molecule has 0 unspecified atom stereocenters. The van der Waals surface area contributed by atoms with Crippen LogP contribution in [0.3, 0.4) is 0 Å². The Balaban J connectivity index is 2.48. The fraction of sp³-hybridized carbons (Fsp3) is 0.0909. The molecule has 0 bridgehead atoms.